The van der Waals surface area contributed by atoms with Gasteiger partial charge in [0, 0.05) is 13.0 Å². The van der Waals surface area contributed by atoms with Gasteiger partial charge in [-0.15, -0.1) is 0 Å². The molecule has 0 spiro atoms. The molecular weight excluding hydrogens is 1120 g/mol. The summed E-state index contributed by atoms with van der Waals surface area (Å²) in [6, 6.07) is 28.4. The van der Waals surface area contributed by atoms with Gasteiger partial charge < -0.3 is 37.9 Å². The lowest BCUT2D eigenvalue weighted by Crippen LogP contribution is -2.63. The molecule has 0 radical (unpaired) electrons. The van der Waals surface area contributed by atoms with Crippen molar-refractivity contribution in [1.29, 1.82) is 0 Å². The molecule has 0 unspecified atom stereocenters. The Hall–Kier alpha value is -9.55. The van der Waals surface area contributed by atoms with Crippen molar-refractivity contribution in [3.8, 4) is 16.9 Å². The van der Waals surface area contributed by atoms with Gasteiger partial charge in [0.2, 0.25) is 34.8 Å². The van der Waals surface area contributed by atoms with Crippen LogP contribution >= 0.6 is 0 Å². The van der Waals surface area contributed by atoms with E-state index < -0.39 is 179 Å². The minimum atomic E-state index is -2.64. The van der Waals surface area contributed by atoms with Gasteiger partial charge in [0.15, 0.2) is 30.6 Å². The lowest BCUT2D eigenvalue weighted by Gasteiger charge is -2.44. The number of hydrogen-bond donors (Lipinski definition) is 0. The molecule has 2 aliphatic rings. The minimum absolute atomic E-state index is 0.396. The van der Waals surface area contributed by atoms with Gasteiger partial charge >= 0.3 is 35.9 Å². The summed E-state index contributed by atoms with van der Waals surface area (Å²) in [6.07, 6.45) is -13.4. The number of likely N-dealkylation sites (N-methyl/N-ethyl adjacent to an activating group) is 1. The van der Waals surface area contributed by atoms with Gasteiger partial charge in [-0.05, 0) is 70.8 Å². The highest BCUT2D eigenvalue weighted by Crippen LogP contribution is 2.45. The van der Waals surface area contributed by atoms with Crippen molar-refractivity contribution < 1.29 is 106 Å². The Morgan fingerprint density at radius 3 is 1.34 bits per heavy atom. The third kappa shape index (κ3) is 12.2. The zero-order chi connectivity index (χ0) is 59.2. The summed E-state index contributed by atoms with van der Waals surface area (Å²) >= 11 is 0. The fraction of sp³-hybridized carbons (Fsp3) is 0.186. The quantitative estimate of drug-likeness (QED) is 0.0210. The van der Waals surface area contributed by atoms with E-state index in [2.05, 4.69) is 0 Å². The fourth-order valence-corrected chi connectivity index (χ4v) is 9.04. The van der Waals surface area contributed by atoms with E-state index in [1.54, 1.807) is 36.4 Å². The molecule has 0 saturated carbocycles. The lowest BCUT2D eigenvalue weighted by atomic mass is 9.97. The molecule has 1 heterocycles. The van der Waals surface area contributed by atoms with Gasteiger partial charge in [0.1, 0.15) is 42.6 Å². The van der Waals surface area contributed by atoms with Gasteiger partial charge in [-0.25, -0.2) is 59.5 Å². The first-order valence-corrected chi connectivity index (χ1v) is 24.7. The number of carbonyl (C=O) groups excluding carboxylic acids is 6. The number of benzene rings is 7. The van der Waals surface area contributed by atoms with E-state index in [0.717, 1.165) is 66.7 Å². The van der Waals surface area contributed by atoms with Crippen molar-refractivity contribution in [2.24, 2.45) is 0 Å². The van der Waals surface area contributed by atoms with E-state index in [1.807, 2.05) is 12.1 Å². The average Bonchev–Trinajstić information content (AvgIpc) is 3.87. The second-order valence-corrected chi connectivity index (χ2v) is 18.3. The normalized spacial score (nSPS) is 17.5. The van der Waals surface area contributed by atoms with Crippen LogP contribution in [0.25, 0.3) is 11.1 Å². The number of fused-ring (bicyclic) bond motifs is 3. The summed E-state index contributed by atoms with van der Waals surface area (Å²) in [5.74, 6) is -28.9. The van der Waals surface area contributed by atoms with Gasteiger partial charge in [0.05, 0.1) is 28.9 Å². The number of carbonyl (C=O) groups is 6. The summed E-state index contributed by atoms with van der Waals surface area (Å²) in [5, 5.41) is 0. The van der Waals surface area contributed by atoms with E-state index >= 15 is 22.0 Å². The van der Waals surface area contributed by atoms with Crippen LogP contribution in [0.15, 0.2) is 146 Å². The van der Waals surface area contributed by atoms with Crippen LogP contribution < -0.4 is 4.74 Å². The van der Waals surface area contributed by atoms with E-state index in [0.29, 0.717) is 16.0 Å². The molecule has 428 valence electrons. The van der Waals surface area contributed by atoms with Crippen molar-refractivity contribution >= 4 is 35.9 Å². The first-order valence-electron chi connectivity index (χ1n) is 24.7. The Bertz CT molecular complexity index is 3590. The Kier molecular flexibility index (Phi) is 17.6. The standard InChI is InChI=1S/C59H40F9NO14/c1-69(59(75)78-26-37-31-16-4-2-14-29(31)30-15-3-5-17-32(30)37)42(57(74)81-50-47(67)45(65)44(64)46(66)48(50)68)27-77-58-52(83-56(73)36-21-9-13-25-41(36)63)51(82-55(72)35-20-8-12-24-40(35)62)49(80-54(71)34-19-7-11-23-39(34)61)43(79-58)28-76-53(70)33-18-6-10-22-38(33)60/h2-25,37,42-43,49,51-52,58H,26-28H2,1H3/t42-,43+,49+,51-,52+,58+/m0/s1. The van der Waals surface area contributed by atoms with Gasteiger partial charge in [0.25, 0.3) is 0 Å². The summed E-state index contributed by atoms with van der Waals surface area (Å²) in [5.41, 5.74) is -0.163. The average molecular weight is 1160 g/mol. The van der Waals surface area contributed by atoms with Gasteiger partial charge in [-0.3, -0.25) is 4.90 Å². The van der Waals surface area contributed by atoms with Crippen LogP contribution in [0.1, 0.15) is 58.5 Å². The maximum atomic E-state index is 15.4. The fourth-order valence-electron chi connectivity index (χ4n) is 9.04. The first kappa shape index (κ1) is 58.1. The van der Waals surface area contributed by atoms with Crippen LogP contribution in [-0.4, -0.2) is 104 Å². The first-order chi connectivity index (χ1) is 39.8. The number of halogens is 9. The number of rotatable bonds is 17. The molecule has 1 aliphatic heterocycles. The Morgan fingerprint density at radius 1 is 0.470 bits per heavy atom. The van der Waals surface area contributed by atoms with Gasteiger partial charge in [-0.2, -0.15) is 8.78 Å². The lowest BCUT2D eigenvalue weighted by molar-refractivity contribution is -0.300. The van der Waals surface area contributed by atoms with Crippen LogP contribution in [0, 0.1) is 52.4 Å². The van der Waals surface area contributed by atoms with Crippen LogP contribution in [0.5, 0.6) is 5.75 Å². The topological polar surface area (TPSA) is 180 Å². The van der Waals surface area contributed by atoms with Crippen LogP contribution in [0.2, 0.25) is 0 Å². The molecule has 83 heavy (non-hydrogen) atoms. The van der Waals surface area contributed by atoms with Crippen molar-refractivity contribution in [3.63, 3.8) is 0 Å². The number of esters is 5. The third-order valence-electron chi connectivity index (χ3n) is 13.2. The molecule has 0 N–H and O–H groups in total. The van der Waals surface area contributed by atoms with E-state index in [4.69, 9.17) is 37.9 Å². The molecule has 9 rings (SSSR count). The highest BCUT2D eigenvalue weighted by atomic mass is 19.2. The number of amides is 1. The van der Waals surface area contributed by atoms with Crippen molar-refractivity contribution in [1.82, 2.24) is 4.90 Å². The van der Waals surface area contributed by atoms with Crippen LogP contribution in [-0.2, 0) is 38.0 Å². The molecule has 7 aromatic rings. The summed E-state index contributed by atoms with van der Waals surface area (Å²) in [6.45, 7) is -3.12. The third-order valence-corrected chi connectivity index (χ3v) is 13.2. The van der Waals surface area contributed by atoms with E-state index in [1.165, 1.54) is 48.5 Å². The summed E-state index contributed by atoms with van der Waals surface area (Å²) < 4.78 is 180. The SMILES string of the molecule is CN(C(=O)OCC1c2ccccc2-c2ccccc21)[C@@H](CO[C@@H]1O[C@H](COC(=O)c2ccccc2F)[C@@H](OC(=O)c2ccccc2F)[C@H](OC(=O)c2ccccc2F)[C@H]1OC(=O)c1ccccc1F)C(=O)Oc1c(F)c(F)c(F)c(F)c1F. The maximum Gasteiger partial charge on any atom is 0.410 e. The zero-order valence-electron chi connectivity index (χ0n) is 42.6. The molecule has 7 aromatic carbocycles. The molecule has 15 nitrogen and oxygen atoms in total. The van der Waals surface area contributed by atoms with Crippen molar-refractivity contribution in [3.05, 3.63) is 231 Å². The van der Waals surface area contributed by atoms with Crippen molar-refractivity contribution in [2.45, 2.75) is 42.7 Å². The molecule has 0 bridgehead atoms. The second-order valence-electron chi connectivity index (χ2n) is 18.3. The number of hydrogen-bond acceptors (Lipinski definition) is 14. The molecule has 1 saturated heterocycles. The predicted octanol–water partition coefficient (Wildman–Crippen LogP) is 10.4. The predicted molar refractivity (Wildman–Crippen MR) is 267 cm³/mol. The highest BCUT2D eigenvalue weighted by molar-refractivity contribution is 5.92. The van der Waals surface area contributed by atoms with E-state index in [-0.39, 0.29) is 0 Å². The zero-order valence-corrected chi connectivity index (χ0v) is 42.6. The van der Waals surface area contributed by atoms with Crippen molar-refractivity contribution in [2.75, 3.05) is 26.9 Å². The smallest absolute Gasteiger partial charge is 0.410 e. The summed E-state index contributed by atoms with van der Waals surface area (Å²) in [7, 11) is 0.840. The van der Waals surface area contributed by atoms with E-state index in [9.17, 15) is 46.3 Å². The molecule has 1 fully saturated rings. The monoisotopic (exact) mass is 1160 g/mol. The minimum Gasteiger partial charge on any atom is -0.459 e. The molecule has 6 atom stereocenters. The Labute approximate surface area is 463 Å². The summed E-state index contributed by atoms with van der Waals surface area (Å²) in [4.78, 5) is 84.5. The molecule has 1 amide bonds. The molecule has 0 aromatic heterocycles. The maximum absolute atomic E-state index is 15.4. The molecule has 24 heteroatoms. The number of ether oxygens (including phenoxy) is 8. The highest BCUT2D eigenvalue weighted by Gasteiger charge is 2.55. The Balaban J connectivity index is 1.13. The Morgan fingerprint density at radius 2 is 0.867 bits per heavy atom. The number of nitrogens with zero attached hydrogens (tertiary/aromatic N) is 1. The van der Waals surface area contributed by atoms with Gasteiger partial charge in [-0.1, -0.05) is 97.1 Å². The second kappa shape index (κ2) is 25.1. The largest absolute Gasteiger partial charge is 0.459 e. The molecule has 1 aliphatic carbocycles. The van der Waals surface area contributed by atoms with Crippen LogP contribution in [0.3, 0.4) is 0 Å². The van der Waals surface area contributed by atoms with Crippen LogP contribution in [0.4, 0.5) is 44.3 Å². The molecular formula is C59H40F9NO14.